The van der Waals surface area contributed by atoms with Gasteiger partial charge in [0.2, 0.25) is 11.8 Å². The van der Waals surface area contributed by atoms with E-state index in [4.69, 9.17) is 0 Å². The Balaban J connectivity index is 1.85. The van der Waals surface area contributed by atoms with Gasteiger partial charge in [-0.25, -0.2) is 8.78 Å². The van der Waals surface area contributed by atoms with E-state index in [-0.39, 0.29) is 5.91 Å². The van der Waals surface area contributed by atoms with Crippen LogP contribution >= 0.6 is 0 Å². The first-order valence-electron chi connectivity index (χ1n) is 8.53. The predicted octanol–water partition coefficient (Wildman–Crippen LogP) is 4.05. The molecular weight excluding hydrogens is 338 g/mol. The Bertz CT molecular complexity index is 842. The summed E-state index contributed by atoms with van der Waals surface area (Å²) in [5.74, 6) is -2.75. The third-order valence-corrected chi connectivity index (χ3v) is 4.67. The first kappa shape index (κ1) is 18.0. The molecule has 1 N–H and O–H groups in total. The fraction of sp³-hybridized carbons (Fsp3) is 0.300. The zero-order valence-corrected chi connectivity index (χ0v) is 14.7. The fourth-order valence-electron chi connectivity index (χ4n) is 3.01. The average molecular weight is 358 g/mol. The third kappa shape index (κ3) is 3.19. The van der Waals surface area contributed by atoms with E-state index >= 15 is 0 Å². The molecule has 0 aromatic heterocycles. The monoisotopic (exact) mass is 358 g/mol. The zero-order chi connectivity index (χ0) is 18.9. The minimum absolute atomic E-state index is 0.347. The predicted molar refractivity (Wildman–Crippen MR) is 95.9 cm³/mol. The second kappa shape index (κ2) is 6.86. The van der Waals surface area contributed by atoms with E-state index in [0.29, 0.717) is 25.1 Å². The summed E-state index contributed by atoms with van der Waals surface area (Å²) in [6.45, 7) is 4.14. The van der Waals surface area contributed by atoms with E-state index in [1.807, 2.05) is 32.0 Å². The molecule has 2 aromatic rings. The molecule has 1 fully saturated rings. The lowest BCUT2D eigenvalue weighted by atomic mass is 10.0. The molecule has 2 amide bonds. The summed E-state index contributed by atoms with van der Waals surface area (Å²) < 4.78 is 27.6. The van der Waals surface area contributed by atoms with Gasteiger partial charge >= 0.3 is 0 Å². The van der Waals surface area contributed by atoms with E-state index in [1.165, 1.54) is 11.0 Å². The van der Waals surface area contributed by atoms with Crippen molar-refractivity contribution in [1.29, 1.82) is 0 Å². The largest absolute Gasteiger partial charge is 0.320 e. The number of nitrogens with zero attached hydrogens (tertiary/aromatic N) is 1. The van der Waals surface area contributed by atoms with Crippen molar-refractivity contribution in [3.8, 4) is 0 Å². The average Bonchev–Trinajstić information content (AvgIpc) is 3.41. The van der Waals surface area contributed by atoms with Crippen molar-refractivity contribution < 1.29 is 18.4 Å². The Morgan fingerprint density at radius 3 is 2.27 bits per heavy atom. The summed E-state index contributed by atoms with van der Waals surface area (Å²) in [5.41, 5.74) is -0.0885. The summed E-state index contributed by atoms with van der Waals surface area (Å²) in [5, 5.41) is 2.27. The van der Waals surface area contributed by atoms with Gasteiger partial charge in [-0.2, -0.15) is 0 Å². The summed E-state index contributed by atoms with van der Waals surface area (Å²) in [7, 11) is 0. The number of aryl methyl sites for hydroxylation is 1. The van der Waals surface area contributed by atoms with Gasteiger partial charge < -0.3 is 10.2 Å². The van der Waals surface area contributed by atoms with Crippen LogP contribution in [0.2, 0.25) is 0 Å². The Morgan fingerprint density at radius 2 is 1.73 bits per heavy atom. The number of amides is 2. The topological polar surface area (TPSA) is 49.4 Å². The second-order valence-corrected chi connectivity index (χ2v) is 6.52. The number of benzene rings is 2. The number of carbonyl (C=O) groups excluding carboxylic acids is 2. The van der Waals surface area contributed by atoms with E-state index in [9.17, 15) is 18.4 Å². The summed E-state index contributed by atoms with van der Waals surface area (Å²) in [4.78, 5) is 27.3. The summed E-state index contributed by atoms with van der Waals surface area (Å²) >= 11 is 0. The van der Waals surface area contributed by atoms with Gasteiger partial charge in [-0.05, 0) is 56.5 Å². The number of halogens is 2. The van der Waals surface area contributed by atoms with Crippen LogP contribution in [0.15, 0.2) is 42.5 Å². The molecule has 0 saturated heterocycles. The molecule has 1 aliphatic rings. The summed E-state index contributed by atoms with van der Waals surface area (Å²) in [6, 6.07) is 10.8. The number of para-hydroxylation sites is 1. The highest BCUT2D eigenvalue weighted by molar-refractivity contribution is 6.17. The minimum Gasteiger partial charge on any atom is -0.320 e. The summed E-state index contributed by atoms with van der Waals surface area (Å²) in [6.07, 6.45) is 0.714. The molecule has 26 heavy (non-hydrogen) atoms. The number of hydrogen-bond donors (Lipinski definition) is 1. The molecule has 2 aromatic carbocycles. The second-order valence-electron chi connectivity index (χ2n) is 6.52. The van der Waals surface area contributed by atoms with Crippen LogP contribution in [0, 0.1) is 24.0 Å². The van der Waals surface area contributed by atoms with E-state index in [0.717, 1.165) is 17.7 Å². The molecule has 0 unspecified atom stereocenters. The van der Waals surface area contributed by atoms with Crippen molar-refractivity contribution >= 4 is 23.2 Å². The van der Waals surface area contributed by atoms with E-state index in [2.05, 4.69) is 5.32 Å². The minimum atomic E-state index is -1.27. The highest BCUT2D eigenvalue weighted by atomic mass is 19.1. The van der Waals surface area contributed by atoms with Crippen LogP contribution in [0.25, 0.3) is 0 Å². The highest BCUT2D eigenvalue weighted by Crippen LogP contribution is 2.49. The Hall–Kier alpha value is -2.76. The standard InChI is InChI=1S/C20H20F2N2O2/c1-3-24(14-7-4-6-13(2)12-14)19(26)20(10-11-20)18(25)23-17-15(21)8-5-9-16(17)22/h4-9,12H,3,10-11H2,1-2H3,(H,23,25). The maximum atomic E-state index is 13.8. The van der Waals surface area contributed by atoms with Crippen LogP contribution in [0.1, 0.15) is 25.3 Å². The van der Waals surface area contributed by atoms with Crippen molar-refractivity contribution in [1.82, 2.24) is 0 Å². The molecule has 0 bridgehead atoms. The maximum absolute atomic E-state index is 13.8. The quantitative estimate of drug-likeness (QED) is 0.820. The van der Waals surface area contributed by atoms with E-state index < -0.39 is 28.6 Å². The van der Waals surface area contributed by atoms with Crippen molar-refractivity contribution in [3.63, 3.8) is 0 Å². The van der Waals surface area contributed by atoms with Crippen LogP contribution in [0.3, 0.4) is 0 Å². The molecular formula is C20H20F2N2O2. The van der Waals surface area contributed by atoms with Crippen LogP contribution in [-0.4, -0.2) is 18.4 Å². The van der Waals surface area contributed by atoms with Gasteiger partial charge in [0.25, 0.3) is 0 Å². The lowest BCUT2D eigenvalue weighted by Crippen LogP contribution is -2.43. The number of nitrogens with one attached hydrogen (secondary N) is 1. The molecule has 3 rings (SSSR count). The number of hydrogen-bond acceptors (Lipinski definition) is 2. The van der Waals surface area contributed by atoms with Crippen LogP contribution in [0.5, 0.6) is 0 Å². The molecule has 0 aliphatic heterocycles. The van der Waals surface area contributed by atoms with E-state index in [1.54, 1.807) is 6.07 Å². The van der Waals surface area contributed by atoms with Crippen LogP contribution < -0.4 is 10.2 Å². The van der Waals surface area contributed by atoms with Gasteiger partial charge in [-0.1, -0.05) is 18.2 Å². The van der Waals surface area contributed by atoms with Gasteiger partial charge in [-0.15, -0.1) is 0 Å². The van der Waals surface area contributed by atoms with Gasteiger partial charge in [0.05, 0.1) is 0 Å². The molecule has 1 saturated carbocycles. The van der Waals surface area contributed by atoms with Gasteiger partial charge in [-0.3, -0.25) is 9.59 Å². The molecule has 136 valence electrons. The normalized spacial score (nSPS) is 14.6. The number of rotatable bonds is 5. The maximum Gasteiger partial charge on any atom is 0.242 e. The van der Waals surface area contributed by atoms with Crippen molar-refractivity contribution in [2.45, 2.75) is 26.7 Å². The third-order valence-electron chi connectivity index (χ3n) is 4.67. The molecule has 1 aliphatic carbocycles. The molecule has 6 heteroatoms. The highest BCUT2D eigenvalue weighted by Gasteiger charge is 2.58. The molecule has 0 heterocycles. The van der Waals surface area contributed by atoms with Crippen molar-refractivity contribution in [3.05, 3.63) is 59.7 Å². The smallest absolute Gasteiger partial charge is 0.242 e. The van der Waals surface area contributed by atoms with Crippen molar-refractivity contribution in [2.24, 2.45) is 5.41 Å². The Morgan fingerprint density at radius 1 is 1.12 bits per heavy atom. The first-order chi connectivity index (χ1) is 12.4. The van der Waals surface area contributed by atoms with Crippen LogP contribution in [0.4, 0.5) is 20.2 Å². The van der Waals surface area contributed by atoms with Gasteiger partial charge in [0.15, 0.2) is 0 Å². The first-order valence-corrected chi connectivity index (χ1v) is 8.53. The number of carbonyl (C=O) groups is 2. The fourth-order valence-corrected chi connectivity index (χ4v) is 3.01. The van der Waals surface area contributed by atoms with Gasteiger partial charge in [0, 0.05) is 12.2 Å². The SMILES string of the molecule is CCN(C(=O)C1(C(=O)Nc2c(F)cccc2F)CC1)c1cccc(C)c1. The lowest BCUT2D eigenvalue weighted by molar-refractivity contribution is -0.132. The molecule has 0 radical (unpaired) electrons. The molecule has 0 spiro atoms. The zero-order valence-electron chi connectivity index (χ0n) is 14.7. The van der Waals surface area contributed by atoms with Gasteiger partial charge in [0.1, 0.15) is 22.7 Å². The van der Waals surface area contributed by atoms with Crippen LogP contribution in [-0.2, 0) is 9.59 Å². The Labute approximate surface area is 150 Å². The lowest BCUT2D eigenvalue weighted by Gasteiger charge is -2.26. The Kier molecular flexibility index (Phi) is 4.76. The molecule has 0 atom stereocenters. The number of anilines is 2. The molecule has 4 nitrogen and oxygen atoms in total. The van der Waals surface area contributed by atoms with Crippen molar-refractivity contribution in [2.75, 3.05) is 16.8 Å².